The second-order valence-corrected chi connectivity index (χ2v) is 7.27. The first kappa shape index (κ1) is 18.2. The van der Waals surface area contributed by atoms with Gasteiger partial charge >= 0.3 is 0 Å². The van der Waals surface area contributed by atoms with Crippen molar-refractivity contribution >= 4 is 11.7 Å². The van der Waals surface area contributed by atoms with Crippen molar-refractivity contribution in [1.82, 2.24) is 5.32 Å². The van der Waals surface area contributed by atoms with Gasteiger partial charge in [0, 0.05) is 12.3 Å². The molecule has 0 saturated heterocycles. The molecule has 0 aromatic carbocycles. The van der Waals surface area contributed by atoms with Gasteiger partial charge < -0.3 is 5.32 Å². The Morgan fingerprint density at radius 1 is 1.10 bits per heavy atom. The largest absolute Gasteiger partial charge is 0.346 e. The van der Waals surface area contributed by atoms with Crippen molar-refractivity contribution in [2.24, 2.45) is 23.2 Å². The Bertz CT molecular complexity index is 358. The third-order valence-electron chi connectivity index (χ3n) is 4.78. The number of fused-ring (bicyclic) bond motifs is 1. The molecule has 0 heterocycles. The second kappa shape index (κ2) is 7.42. The molecule has 3 atom stereocenters. The summed E-state index contributed by atoms with van der Waals surface area (Å²) in [6.07, 6.45) is 5.41. The number of Topliss-reactive ketones (excluding diaryl/α,β-unsaturated/α-hetero) is 1. The van der Waals surface area contributed by atoms with Gasteiger partial charge in [-0.15, -0.1) is 0 Å². The average Bonchev–Trinajstić information content (AvgIpc) is 3.19. The number of ketones is 1. The van der Waals surface area contributed by atoms with Crippen LogP contribution in [0.25, 0.3) is 0 Å². The minimum atomic E-state index is -0.340. The van der Waals surface area contributed by atoms with Crippen LogP contribution in [0.15, 0.2) is 0 Å². The molecule has 122 valence electrons. The summed E-state index contributed by atoms with van der Waals surface area (Å²) < 4.78 is 0. The second-order valence-electron chi connectivity index (χ2n) is 7.27. The molecule has 2 saturated carbocycles. The Labute approximate surface area is 130 Å². The van der Waals surface area contributed by atoms with E-state index in [1.807, 2.05) is 41.5 Å². The highest BCUT2D eigenvalue weighted by atomic mass is 16.2. The van der Waals surface area contributed by atoms with E-state index in [0.717, 1.165) is 0 Å². The quantitative estimate of drug-likeness (QED) is 0.853. The molecule has 3 heteroatoms. The number of hydrogen-bond donors (Lipinski definition) is 1. The van der Waals surface area contributed by atoms with Crippen molar-refractivity contribution in [2.75, 3.05) is 0 Å². The SMILES string of the molecule is CC.CCC(=O)C(NC(=O)C1C2CCCCC21)C(C)(C)C. The molecule has 3 unspecified atom stereocenters. The van der Waals surface area contributed by atoms with Gasteiger partial charge in [-0.3, -0.25) is 9.59 Å². The van der Waals surface area contributed by atoms with Gasteiger partial charge in [0.2, 0.25) is 5.91 Å². The van der Waals surface area contributed by atoms with Gasteiger partial charge in [0.25, 0.3) is 0 Å². The van der Waals surface area contributed by atoms with E-state index in [2.05, 4.69) is 5.32 Å². The molecular formula is C18H33NO2. The standard InChI is InChI=1S/C16H27NO2.C2H6/c1-5-12(18)14(16(2,3)4)17-15(19)13-10-8-6-7-9-11(10)13;1-2/h10-11,13-14H,5-9H2,1-4H3,(H,17,19);1-2H3. The van der Waals surface area contributed by atoms with E-state index >= 15 is 0 Å². The van der Waals surface area contributed by atoms with E-state index in [9.17, 15) is 9.59 Å². The molecule has 0 radical (unpaired) electrons. The first-order valence-electron chi connectivity index (χ1n) is 8.69. The molecule has 0 spiro atoms. The topological polar surface area (TPSA) is 46.2 Å². The maximum absolute atomic E-state index is 12.4. The van der Waals surface area contributed by atoms with E-state index in [4.69, 9.17) is 0 Å². The van der Waals surface area contributed by atoms with Gasteiger partial charge in [-0.2, -0.15) is 0 Å². The molecule has 0 bridgehead atoms. The highest BCUT2D eigenvalue weighted by molar-refractivity contribution is 5.91. The lowest BCUT2D eigenvalue weighted by atomic mass is 9.83. The summed E-state index contributed by atoms with van der Waals surface area (Å²) in [6.45, 7) is 11.9. The number of nitrogens with one attached hydrogen (secondary N) is 1. The third kappa shape index (κ3) is 4.31. The van der Waals surface area contributed by atoms with Gasteiger partial charge in [-0.1, -0.05) is 54.4 Å². The number of amides is 1. The molecule has 0 aliphatic heterocycles. The van der Waals surface area contributed by atoms with Crippen LogP contribution in [0.2, 0.25) is 0 Å². The van der Waals surface area contributed by atoms with Crippen LogP contribution < -0.4 is 5.32 Å². The van der Waals surface area contributed by atoms with Gasteiger partial charge in [0.05, 0.1) is 6.04 Å². The minimum absolute atomic E-state index is 0.124. The fourth-order valence-electron chi connectivity index (χ4n) is 3.60. The lowest BCUT2D eigenvalue weighted by Crippen LogP contribution is -2.49. The molecule has 21 heavy (non-hydrogen) atoms. The van der Waals surface area contributed by atoms with Crippen LogP contribution >= 0.6 is 0 Å². The molecular weight excluding hydrogens is 262 g/mol. The van der Waals surface area contributed by atoms with Crippen LogP contribution in [-0.2, 0) is 9.59 Å². The lowest BCUT2D eigenvalue weighted by Gasteiger charge is -2.30. The van der Waals surface area contributed by atoms with Gasteiger partial charge in [0.15, 0.2) is 5.78 Å². The number of carbonyl (C=O) groups is 2. The van der Waals surface area contributed by atoms with E-state index in [1.54, 1.807) is 0 Å². The molecule has 2 rings (SSSR count). The van der Waals surface area contributed by atoms with Crippen LogP contribution in [0.4, 0.5) is 0 Å². The molecule has 1 amide bonds. The summed E-state index contributed by atoms with van der Waals surface area (Å²) in [5.74, 6) is 1.66. The Kier molecular flexibility index (Phi) is 6.42. The van der Waals surface area contributed by atoms with Crippen LogP contribution in [0.1, 0.15) is 73.6 Å². The predicted molar refractivity (Wildman–Crippen MR) is 87.0 cm³/mol. The maximum atomic E-state index is 12.4. The first-order valence-corrected chi connectivity index (χ1v) is 8.69. The average molecular weight is 295 g/mol. The van der Waals surface area contributed by atoms with Gasteiger partial charge in [-0.05, 0) is 30.1 Å². The van der Waals surface area contributed by atoms with Crippen molar-refractivity contribution in [1.29, 1.82) is 0 Å². The van der Waals surface area contributed by atoms with E-state index in [-0.39, 0.29) is 29.1 Å². The molecule has 0 aromatic heterocycles. The molecule has 3 nitrogen and oxygen atoms in total. The molecule has 2 fully saturated rings. The highest BCUT2D eigenvalue weighted by Crippen LogP contribution is 2.55. The van der Waals surface area contributed by atoms with E-state index < -0.39 is 0 Å². The number of carbonyl (C=O) groups excluding carboxylic acids is 2. The van der Waals surface area contributed by atoms with E-state index in [0.29, 0.717) is 18.3 Å². The minimum Gasteiger partial charge on any atom is -0.346 e. The van der Waals surface area contributed by atoms with Crippen LogP contribution in [-0.4, -0.2) is 17.7 Å². The Hall–Kier alpha value is -0.860. The predicted octanol–water partition coefficient (Wildman–Crippen LogP) is 3.96. The monoisotopic (exact) mass is 295 g/mol. The lowest BCUT2D eigenvalue weighted by molar-refractivity contribution is -0.131. The van der Waals surface area contributed by atoms with Gasteiger partial charge in [0.1, 0.15) is 0 Å². The van der Waals surface area contributed by atoms with Crippen molar-refractivity contribution < 1.29 is 9.59 Å². The summed E-state index contributed by atoms with van der Waals surface area (Å²) in [4.78, 5) is 24.4. The summed E-state index contributed by atoms with van der Waals surface area (Å²) >= 11 is 0. The molecule has 2 aliphatic carbocycles. The summed E-state index contributed by atoms with van der Waals surface area (Å²) in [5.41, 5.74) is -0.206. The molecule has 1 N–H and O–H groups in total. The van der Waals surface area contributed by atoms with Crippen molar-refractivity contribution in [3.8, 4) is 0 Å². The molecule has 0 aromatic rings. The number of hydrogen-bond acceptors (Lipinski definition) is 2. The van der Waals surface area contributed by atoms with Crippen LogP contribution in [0.5, 0.6) is 0 Å². The Morgan fingerprint density at radius 2 is 1.57 bits per heavy atom. The number of rotatable bonds is 4. The van der Waals surface area contributed by atoms with Crippen LogP contribution in [0, 0.1) is 23.2 Å². The highest BCUT2D eigenvalue weighted by Gasteiger charge is 2.55. The third-order valence-corrected chi connectivity index (χ3v) is 4.78. The van der Waals surface area contributed by atoms with Crippen molar-refractivity contribution in [3.05, 3.63) is 0 Å². The maximum Gasteiger partial charge on any atom is 0.224 e. The zero-order chi connectivity index (χ0) is 16.2. The van der Waals surface area contributed by atoms with Crippen molar-refractivity contribution in [3.63, 3.8) is 0 Å². The Morgan fingerprint density at radius 3 is 1.95 bits per heavy atom. The summed E-state index contributed by atoms with van der Waals surface area (Å²) in [6, 6.07) is -0.340. The van der Waals surface area contributed by atoms with Crippen LogP contribution in [0.3, 0.4) is 0 Å². The summed E-state index contributed by atoms with van der Waals surface area (Å²) in [7, 11) is 0. The Balaban J connectivity index is 0.00000106. The van der Waals surface area contributed by atoms with Gasteiger partial charge in [-0.25, -0.2) is 0 Å². The smallest absolute Gasteiger partial charge is 0.224 e. The zero-order valence-corrected chi connectivity index (χ0v) is 14.7. The van der Waals surface area contributed by atoms with E-state index in [1.165, 1.54) is 25.7 Å². The fraction of sp³-hybridized carbons (Fsp3) is 0.889. The fourth-order valence-corrected chi connectivity index (χ4v) is 3.60. The zero-order valence-electron chi connectivity index (χ0n) is 14.7. The molecule has 2 aliphatic rings. The normalized spacial score (nSPS) is 28.6. The van der Waals surface area contributed by atoms with Crippen molar-refractivity contribution in [2.45, 2.75) is 79.7 Å². The summed E-state index contributed by atoms with van der Waals surface area (Å²) in [5, 5.41) is 3.04. The first-order chi connectivity index (χ1) is 9.86.